The van der Waals surface area contributed by atoms with Crippen molar-refractivity contribution in [2.75, 3.05) is 0 Å². The van der Waals surface area contributed by atoms with Crippen LogP contribution in [0.3, 0.4) is 0 Å². The second-order valence-electron chi connectivity index (χ2n) is 5.44. The summed E-state index contributed by atoms with van der Waals surface area (Å²) in [5, 5.41) is 1.24. The molecule has 0 heterocycles. The Bertz CT molecular complexity index is 1130. The Morgan fingerprint density at radius 2 is 0.815 bits per heavy atom. The van der Waals surface area contributed by atoms with Crippen molar-refractivity contribution in [2.45, 2.75) is 14.7 Å². The number of nitrogens with zero attached hydrogens (tertiary/aromatic N) is 1. The van der Waals surface area contributed by atoms with E-state index in [-0.39, 0.29) is 14.7 Å². The van der Waals surface area contributed by atoms with E-state index in [0.29, 0.717) is 15.1 Å². The Hall–Kier alpha value is -1.57. The minimum atomic E-state index is -4.23. The molecule has 0 unspecified atom stereocenters. The van der Waals surface area contributed by atoms with Crippen molar-refractivity contribution in [1.82, 2.24) is 0 Å². The maximum Gasteiger partial charge on any atom is 0.290 e. The van der Waals surface area contributed by atoms with Gasteiger partial charge in [0.25, 0.3) is 10.0 Å². The molecule has 0 fully saturated rings. The zero-order chi connectivity index (χ0) is 19.7. The van der Waals surface area contributed by atoms with Crippen molar-refractivity contribution < 1.29 is 12.6 Å². The standard InChI is InChI=1S/C18H12Cl3NO3S2/c19-13-1-7-16(8-2-13)26(23,17-9-3-14(20)4-10-17)22-27(24,25)18-11-5-15(21)6-12-18/h1-12H. The maximum absolute atomic E-state index is 13.8. The first kappa shape index (κ1) is 20.2. The summed E-state index contributed by atoms with van der Waals surface area (Å²) in [4.78, 5) is 0.320. The third-order valence-electron chi connectivity index (χ3n) is 3.58. The minimum Gasteiger partial charge on any atom is -0.239 e. The molecular formula is C18H12Cl3NO3S2. The summed E-state index contributed by atoms with van der Waals surface area (Å²) in [5.41, 5.74) is 0. The average Bonchev–Trinajstić information content (AvgIpc) is 2.62. The van der Waals surface area contributed by atoms with Crippen molar-refractivity contribution in [1.29, 1.82) is 0 Å². The van der Waals surface area contributed by atoms with Crippen molar-refractivity contribution in [3.05, 3.63) is 87.9 Å². The normalized spacial score (nSPS) is 12.0. The molecule has 3 rings (SSSR count). The molecule has 0 saturated heterocycles. The molecule has 0 aliphatic heterocycles. The summed E-state index contributed by atoms with van der Waals surface area (Å²) in [6, 6.07) is 17.5. The smallest absolute Gasteiger partial charge is 0.239 e. The van der Waals surface area contributed by atoms with Crippen LogP contribution in [-0.2, 0) is 19.8 Å². The molecule has 3 aromatic rings. The molecule has 0 spiro atoms. The van der Waals surface area contributed by atoms with Gasteiger partial charge in [-0.25, -0.2) is 4.21 Å². The van der Waals surface area contributed by atoms with Gasteiger partial charge in [-0.2, -0.15) is 8.42 Å². The highest BCUT2D eigenvalue weighted by Crippen LogP contribution is 2.29. The predicted molar refractivity (Wildman–Crippen MR) is 109 cm³/mol. The fourth-order valence-corrected chi connectivity index (χ4v) is 6.53. The molecule has 0 aromatic heterocycles. The van der Waals surface area contributed by atoms with Crippen LogP contribution in [0.1, 0.15) is 0 Å². The van der Waals surface area contributed by atoms with Gasteiger partial charge in [-0.05, 0) is 72.8 Å². The Morgan fingerprint density at radius 3 is 1.15 bits per heavy atom. The molecule has 4 nitrogen and oxygen atoms in total. The van der Waals surface area contributed by atoms with Gasteiger partial charge in [-0.15, -0.1) is 0 Å². The van der Waals surface area contributed by atoms with Crippen LogP contribution in [0.2, 0.25) is 15.1 Å². The molecule has 0 saturated carbocycles. The molecule has 0 bridgehead atoms. The molecule has 9 heteroatoms. The highest BCUT2D eigenvalue weighted by atomic mass is 35.5. The summed E-state index contributed by atoms with van der Waals surface area (Å²) in [5.74, 6) is 0. The topological polar surface area (TPSA) is 63.6 Å². The van der Waals surface area contributed by atoms with E-state index >= 15 is 0 Å². The molecule has 140 valence electrons. The van der Waals surface area contributed by atoms with Gasteiger partial charge in [-0.3, -0.25) is 0 Å². The second-order valence-corrected chi connectivity index (χ2v) is 10.8. The zero-order valence-corrected chi connectivity index (χ0v) is 17.5. The van der Waals surface area contributed by atoms with Crippen molar-refractivity contribution in [3.8, 4) is 0 Å². The largest absolute Gasteiger partial charge is 0.290 e. The fraction of sp³-hybridized carbons (Fsp3) is 0. The lowest BCUT2D eigenvalue weighted by atomic mass is 10.4. The molecule has 0 atom stereocenters. The zero-order valence-electron chi connectivity index (χ0n) is 13.6. The van der Waals surface area contributed by atoms with Crippen LogP contribution < -0.4 is 0 Å². The van der Waals surface area contributed by atoms with E-state index in [2.05, 4.69) is 3.77 Å². The van der Waals surface area contributed by atoms with Gasteiger partial charge in [0.05, 0.1) is 14.7 Å². The van der Waals surface area contributed by atoms with Crippen LogP contribution >= 0.6 is 34.8 Å². The van der Waals surface area contributed by atoms with Crippen LogP contribution in [0.15, 0.2) is 91.3 Å². The Balaban J connectivity index is 2.28. The van der Waals surface area contributed by atoms with E-state index in [4.69, 9.17) is 34.8 Å². The fourth-order valence-electron chi connectivity index (χ4n) is 2.25. The van der Waals surface area contributed by atoms with Crippen LogP contribution in [0.4, 0.5) is 0 Å². The van der Waals surface area contributed by atoms with E-state index in [0.717, 1.165) is 0 Å². The van der Waals surface area contributed by atoms with Gasteiger partial charge in [0.1, 0.15) is 9.73 Å². The monoisotopic (exact) mass is 459 g/mol. The SMILES string of the molecule is O=S(=O)(N=S(=O)(c1ccc(Cl)cc1)c1ccc(Cl)cc1)c1ccc(Cl)cc1. The summed E-state index contributed by atoms with van der Waals surface area (Å²) in [6.07, 6.45) is 0. The van der Waals surface area contributed by atoms with Crippen molar-refractivity contribution in [3.63, 3.8) is 0 Å². The first-order chi connectivity index (χ1) is 12.7. The molecule has 0 aliphatic rings. The van der Waals surface area contributed by atoms with E-state index < -0.39 is 19.8 Å². The molecule has 0 amide bonds. The van der Waals surface area contributed by atoms with E-state index in [1.807, 2.05) is 0 Å². The van der Waals surface area contributed by atoms with Crippen LogP contribution in [-0.4, -0.2) is 12.6 Å². The predicted octanol–water partition coefficient (Wildman–Crippen LogP) is 5.92. The molecule has 27 heavy (non-hydrogen) atoms. The molecule has 0 N–H and O–H groups in total. The third kappa shape index (κ3) is 4.47. The van der Waals surface area contributed by atoms with Gasteiger partial charge in [0.15, 0.2) is 0 Å². The van der Waals surface area contributed by atoms with E-state index in [1.54, 1.807) is 0 Å². The van der Waals surface area contributed by atoms with Crippen LogP contribution in [0.25, 0.3) is 0 Å². The first-order valence-electron chi connectivity index (χ1n) is 7.51. The maximum atomic E-state index is 13.8. The molecule has 3 aromatic carbocycles. The lowest BCUT2D eigenvalue weighted by Crippen LogP contribution is -2.07. The van der Waals surface area contributed by atoms with Gasteiger partial charge >= 0.3 is 0 Å². The molecular weight excluding hydrogens is 449 g/mol. The highest BCUT2D eigenvalue weighted by Gasteiger charge is 2.23. The second kappa shape index (κ2) is 7.81. The third-order valence-corrected chi connectivity index (χ3v) is 8.65. The first-order valence-corrected chi connectivity index (χ1v) is 11.6. The average molecular weight is 461 g/mol. The van der Waals surface area contributed by atoms with Gasteiger partial charge in [0, 0.05) is 15.1 Å². The quantitative estimate of drug-likeness (QED) is 0.485. The van der Waals surface area contributed by atoms with Crippen LogP contribution in [0, 0.1) is 0 Å². The number of sulfonamides is 1. The Morgan fingerprint density at radius 1 is 0.519 bits per heavy atom. The highest BCUT2D eigenvalue weighted by molar-refractivity contribution is 8.03. The lowest BCUT2D eigenvalue weighted by molar-refractivity contribution is 0.598. The number of halogens is 3. The number of hydrogen-bond donors (Lipinski definition) is 0. The molecule has 0 radical (unpaired) electrons. The van der Waals surface area contributed by atoms with Gasteiger partial charge in [0.2, 0.25) is 0 Å². The number of hydrogen-bond acceptors (Lipinski definition) is 3. The minimum absolute atomic E-state index is 0.109. The molecule has 0 aliphatic carbocycles. The number of rotatable bonds is 4. The summed E-state index contributed by atoms with van der Waals surface area (Å²) in [7, 11) is -7.74. The summed E-state index contributed by atoms with van der Waals surface area (Å²) in [6.45, 7) is 0. The van der Waals surface area contributed by atoms with Gasteiger partial charge < -0.3 is 0 Å². The summed E-state index contributed by atoms with van der Waals surface area (Å²) >= 11 is 17.6. The van der Waals surface area contributed by atoms with Crippen molar-refractivity contribution in [2.24, 2.45) is 3.77 Å². The lowest BCUT2D eigenvalue weighted by Gasteiger charge is -2.11. The Labute approximate surface area is 172 Å². The van der Waals surface area contributed by atoms with E-state index in [9.17, 15) is 12.6 Å². The van der Waals surface area contributed by atoms with Crippen LogP contribution in [0.5, 0.6) is 0 Å². The van der Waals surface area contributed by atoms with Gasteiger partial charge in [-0.1, -0.05) is 38.6 Å². The Kier molecular flexibility index (Phi) is 5.84. The summed E-state index contributed by atoms with van der Waals surface area (Å²) < 4.78 is 43.2. The van der Waals surface area contributed by atoms with Crippen molar-refractivity contribution >= 4 is 54.6 Å². The number of benzene rings is 3. The van der Waals surface area contributed by atoms with E-state index in [1.165, 1.54) is 72.8 Å².